The second-order valence-corrected chi connectivity index (χ2v) is 3.93. The van der Waals surface area contributed by atoms with Gasteiger partial charge in [0.25, 0.3) is 0 Å². The zero-order chi connectivity index (χ0) is 13.0. The van der Waals surface area contributed by atoms with Crippen molar-refractivity contribution in [2.45, 2.75) is 6.92 Å². The molecule has 5 heteroatoms. The molecule has 1 heterocycles. The summed E-state index contributed by atoms with van der Waals surface area (Å²) in [5.41, 5.74) is 1.64. The molecule has 18 heavy (non-hydrogen) atoms. The number of benzene rings is 1. The van der Waals surface area contributed by atoms with Crippen LogP contribution in [0.2, 0.25) is 5.15 Å². The van der Waals surface area contributed by atoms with Gasteiger partial charge in [-0.25, -0.2) is 0 Å². The van der Waals surface area contributed by atoms with E-state index in [4.69, 9.17) is 21.1 Å². The minimum atomic E-state index is 0.372. The van der Waals surface area contributed by atoms with E-state index in [1.165, 1.54) is 0 Å². The van der Waals surface area contributed by atoms with Gasteiger partial charge in [0.05, 0.1) is 19.4 Å². The first-order valence-electron chi connectivity index (χ1n) is 5.55. The molecule has 94 valence electrons. The van der Waals surface area contributed by atoms with E-state index in [0.717, 1.165) is 11.3 Å². The zero-order valence-corrected chi connectivity index (χ0v) is 10.9. The molecule has 0 saturated carbocycles. The average Bonchev–Trinajstić information content (AvgIpc) is 2.40. The summed E-state index contributed by atoms with van der Waals surface area (Å²) in [6.45, 7) is 2.50. The Balaban J connectivity index is 2.39. The van der Waals surface area contributed by atoms with Crippen molar-refractivity contribution in [1.82, 2.24) is 10.2 Å². The van der Waals surface area contributed by atoms with Gasteiger partial charge < -0.3 is 9.47 Å². The van der Waals surface area contributed by atoms with Crippen LogP contribution >= 0.6 is 11.6 Å². The molecule has 0 aliphatic rings. The molecular weight excluding hydrogens is 252 g/mol. The summed E-state index contributed by atoms with van der Waals surface area (Å²) in [4.78, 5) is 0. The van der Waals surface area contributed by atoms with Gasteiger partial charge in [-0.3, -0.25) is 0 Å². The molecule has 0 saturated heterocycles. The van der Waals surface area contributed by atoms with E-state index in [2.05, 4.69) is 10.2 Å². The fraction of sp³-hybridized carbons (Fsp3) is 0.231. The quantitative estimate of drug-likeness (QED) is 0.851. The summed E-state index contributed by atoms with van der Waals surface area (Å²) >= 11 is 5.71. The highest BCUT2D eigenvalue weighted by Crippen LogP contribution is 2.31. The van der Waals surface area contributed by atoms with Crippen LogP contribution in [0.25, 0.3) is 11.3 Å². The fourth-order valence-corrected chi connectivity index (χ4v) is 1.68. The maximum absolute atomic E-state index is 5.71. The Morgan fingerprint density at radius 1 is 1.11 bits per heavy atom. The number of aromatic nitrogens is 2. The first-order valence-corrected chi connectivity index (χ1v) is 5.93. The molecular formula is C13H13ClN2O2. The van der Waals surface area contributed by atoms with Crippen molar-refractivity contribution in [1.29, 1.82) is 0 Å². The van der Waals surface area contributed by atoms with Crippen molar-refractivity contribution in [2.75, 3.05) is 13.7 Å². The lowest BCUT2D eigenvalue weighted by atomic mass is 10.1. The Morgan fingerprint density at radius 2 is 1.94 bits per heavy atom. The molecule has 2 aromatic rings. The Bertz CT molecular complexity index is 529. The number of hydrogen-bond donors (Lipinski definition) is 0. The van der Waals surface area contributed by atoms with Crippen LogP contribution in [-0.2, 0) is 0 Å². The molecule has 0 unspecified atom stereocenters. The monoisotopic (exact) mass is 264 g/mol. The van der Waals surface area contributed by atoms with Crippen LogP contribution in [-0.4, -0.2) is 23.9 Å². The lowest BCUT2D eigenvalue weighted by molar-refractivity contribution is 0.311. The molecule has 1 aromatic carbocycles. The standard InChI is InChI=1S/C13H13ClN2O2/c1-3-18-12-8-9(4-6-11(12)17-2)10-5-7-13(14)16-15-10/h4-8H,3H2,1-2H3. The number of nitrogens with zero attached hydrogens (tertiary/aromatic N) is 2. The molecule has 0 atom stereocenters. The van der Waals surface area contributed by atoms with Crippen LogP contribution in [0.5, 0.6) is 11.5 Å². The highest BCUT2D eigenvalue weighted by molar-refractivity contribution is 6.29. The number of ether oxygens (including phenoxy) is 2. The number of halogens is 1. The maximum Gasteiger partial charge on any atom is 0.161 e. The first-order chi connectivity index (χ1) is 8.74. The highest BCUT2D eigenvalue weighted by Gasteiger charge is 2.07. The Kier molecular flexibility index (Phi) is 3.99. The van der Waals surface area contributed by atoms with E-state index in [-0.39, 0.29) is 0 Å². The molecule has 0 N–H and O–H groups in total. The lowest BCUT2D eigenvalue weighted by Crippen LogP contribution is -1.96. The van der Waals surface area contributed by atoms with Crippen molar-refractivity contribution < 1.29 is 9.47 Å². The van der Waals surface area contributed by atoms with E-state index in [1.54, 1.807) is 13.2 Å². The van der Waals surface area contributed by atoms with Crippen molar-refractivity contribution in [2.24, 2.45) is 0 Å². The van der Waals surface area contributed by atoms with E-state index >= 15 is 0 Å². The van der Waals surface area contributed by atoms with Crippen LogP contribution in [0.1, 0.15) is 6.92 Å². The summed E-state index contributed by atoms with van der Waals surface area (Å²) in [6.07, 6.45) is 0. The van der Waals surface area contributed by atoms with Gasteiger partial charge in [0.15, 0.2) is 16.7 Å². The van der Waals surface area contributed by atoms with Gasteiger partial charge in [0.2, 0.25) is 0 Å². The Morgan fingerprint density at radius 3 is 2.56 bits per heavy atom. The third-order valence-corrected chi connectivity index (χ3v) is 2.59. The number of hydrogen-bond acceptors (Lipinski definition) is 4. The molecule has 0 aliphatic heterocycles. The molecule has 0 fully saturated rings. The zero-order valence-electron chi connectivity index (χ0n) is 10.2. The van der Waals surface area contributed by atoms with Crippen molar-refractivity contribution in [3.63, 3.8) is 0 Å². The average molecular weight is 265 g/mol. The molecule has 0 aliphatic carbocycles. The van der Waals surface area contributed by atoms with E-state index in [9.17, 15) is 0 Å². The molecule has 0 spiro atoms. The molecule has 4 nitrogen and oxygen atoms in total. The lowest BCUT2D eigenvalue weighted by Gasteiger charge is -2.10. The van der Waals surface area contributed by atoms with Gasteiger partial charge in [-0.05, 0) is 37.3 Å². The second kappa shape index (κ2) is 5.69. The third kappa shape index (κ3) is 2.71. The van der Waals surface area contributed by atoms with Crippen LogP contribution < -0.4 is 9.47 Å². The largest absolute Gasteiger partial charge is 0.493 e. The summed E-state index contributed by atoms with van der Waals surface area (Å²) < 4.78 is 10.7. The third-order valence-electron chi connectivity index (χ3n) is 2.39. The van der Waals surface area contributed by atoms with E-state index in [1.807, 2.05) is 31.2 Å². The molecule has 0 amide bonds. The minimum absolute atomic E-state index is 0.372. The van der Waals surface area contributed by atoms with E-state index in [0.29, 0.717) is 23.3 Å². The van der Waals surface area contributed by atoms with Crippen LogP contribution in [0.15, 0.2) is 30.3 Å². The maximum atomic E-state index is 5.71. The van der Waals surface area contributed by atoms with Crippen LogP contribution in [0.4, 0.5) is 0 Å². The summed E-state index contributed by atoms with van der Waals surface area (Å²) in [6, 6.07) is 9.14. The van der Waals surface area contributed by atoms with Gasteiger partial charge in [-0.15, -0.1) is 10.2 Å². The van der Waals surface area contributed by atoms with Crippen molar-refractivity contribution in [3.05, 3.63) is 35.5 Å². The summed E-state index contributed by atoms with van der Waals surface area (Å²) in [7, 11) is 1.61. The molecule has 1 aromatic heterocycles. The number of rotatable bonds is 4. The number of methoxy groups -OCH3 is 1. The topological polar surface area (TPSA) is 44.2 Å². The Labute approximate surface area is 111 Å². The van der Waals surface area contributed by atoms with Crippen LogP contribution in [0.3, 0.4) is 0 Å². The normalized spacial score (nSPS) is 10.2. The van der Waals surface area contributed by atoms with Gasteiger partial charge in [0, 0.05) is 5.56 Å². The van der Waals surface area contributed by atoms with Crippen molar-refractivity contribution >= 4 is 11.6 Å². The summed E-state index contributed by atoms with van der Waals surface area (Å²) in [5, 5.41) is 8.22. The minimum Gasteiger partial charge on any atom is -0.493 e. The first kappa shape index (κ1) is 12.6. The smallest absolute Gasteiger partial charge is 0.161 e. The fourth-order valence-electron chi connectivity index (χ4n) is 1.57. The predicted octanol–water partition coefficient (Wildman–Crippen LogP) is 3.20. The second-order valence-electron chi connectivity index (χ2n) is 3.54. The Hall–Kier alpha value is -1.81. The van der Waals surface area contributed by atoms with Crippen LogP contribution in [0, 0.1) is 0 Å². The van der Waals surface area contributed by atoms with Gasteiger partial charge in [0.1, 0.15) is 0 Å². The van der Waals surface area contributed by atoms with E-state index < -0.39 is 0 Å². The predicted molar refractivity (Wildman–Crippen MR) is 70.2 cm³/mol. The SMILES string of the molecule is CCOc1cc(-c2ccc(Cl)nn2)ccc1OC. The van der Waals surface area contributed by atoms with Gasteiger partial charge >= 0.3 is 0 Å². The van der Waals surface area contributed by atoms with Crippen molar-refractivity contribution in [3.8, 4) is 22.8 Å². The van der Waals surface area contributed by atoms with Gasteiger partial charge in [-0.1, -0.05) is 11.6 Å². The highest BCUT2D eigenvalue weighted by atomic mass is 35.5. The molecule has 0 bridgehead atoms. The molecule has 0 radical (unpaired) electrons. The summed E-state index contributed by atoms with van der Waals surface area (Å²) in [5.74, 6) is 1.39. The molecule has 2 rings (SSSR count). The van der Waals surface area contributed by atoms with Gasteiger partial charge in [-0.2, -0.15) is 0 Å².